The minimum Gasteiger partial charge on any atom is -0.313 e. The third-order valence-corrected chi connectivity index (χ3v) is 4.58. The third-order valence-electron chi connectivity index (χ3n) is 3.45. The fourth-order valence-corrected chi connectivity index (χ4v) is 3.36. The highest BCUT2D eigenvalue weighted by Crippen LogP contribution is 2.23. The summed E-state index contributed by atoms with van der Waals surface area (Å²) in [5.74, 6) is 1.98. The number of thioether (sulfide) groups is 1. The predicted octanol–water partition coefficient (Wildman–Crippen LogP) is 4.58. The maximum absolute atomic E-state index is 3.72. The van der Waals surface area contributed by atoms with Gasteiger partial charge >= 0.3 is 0 Å². The van der Waals surface area contributed by atoms with Gasteiger partial charge in [-0.15, -0.1) is 11.8 Å². The van der Waals surface area contributed by atoms with E-state index in [9.17, 15) is 0 Å². The molecule has 0 heterocycles. The van der Waals surface area contributed by atoms with Crippen LogP contribution in [0.1, 0.15) is 40.0 Å². The summed E-state index contributed by atoms with van der Waals surface area (Å²) in [5, 5.41) is 3.72. The van der Waals surface area contributed by atoms with Gasteiger partial charge in [0.15, 0.2) is 0 Å². The molecule has 0 saturated carbocycles. The van der Waals surface area contributed by atoms with Gasteiger partial charge < -0.3 is 5.32 Å². The normalized spacial score (nSPS) is 12.9. The van der Waals surface area contributed by atoms with Gasteiger partial charge in [0.1, 0.15) is 0 Å². The Bertz CT molecular complexity index is 295. The summed E-state index contributed by atoms with van der Waals surface area (Å²) in [5.41, 5.74) is 0. The molecule has 102 valence electrons. The highest BCUT2D eigenvalue weighted by molar-refractivity contribution is 7.99. The monoisotopic (exact) mass is 265 g/mol. The molecule has 1 aromatic carbocycles. The SMILES string of the molecule is CCCNC(CSc1ccccc1)C(CC)CC. The zero-order valence-electron chi connectivity index (χ0n) is 12.0. The second-order valence-electron chi connectivity index (χ2n) is 4.76. The Morgan fingerprint density at radius 3 is 2.28 bits per heavy atom. The van der Waals surface area contributed by atoms with Gasteiger partial charge in [0.25, 0.3) is 0 Å². The zero-order chi connectivity index (χ0) is 13.2. The Labute approximate surface area is 117 Å². The fourth-order valence-electron chi connectivity index (χ4n) is 2.25. The topological polar surface area (TPSA) is 12.0 Å². The van der Waals surface area contributed by atoms with Crippen LogP contribution in [0.25, 0.3) is 0 Å². The lowest BCUT2D eigenvalue weighted by Gasteiger charge is -2.26. The molecular weight excluding hydrogens is 238 g/mol. The smallest absolute Gasteiger partial charge is 0.0189 e. The van der Waals surface area contributed by atoms with E-state index in [2.05, 4.69) is 56.4 Å². The van der Waals surface area contributed by atoms with E-state index in [1.807, 2.05) is 11.8 Å². The largest absolute Gasteiger partial charge is 0.313 e. The minimum atomic E-state index is 0.644. The molecule has 1 nitrogen and oxygen atoms in total. The molecule has 1 rings (SSSR count). The first-order valence-corrected chi connectivity index (χ1v) is 8.21. The van der Waals surface area contributed by atoms with Crippen LogP contribution >= 0.6 is 11.8 Å². The van der Waals surface area contributed by atoms with Crippen molar-refractivity contribution in [3.63, 3.8) is 0 Å². The Kier molecular flexibility index (Phi) is 8.19. The quantitative estimate of drug-likeness (QED) is 0.656. The molecular formula is C16H27NS. The van der Waals surface area contributed by atoms with Crippen LogP contribution in [0.2, 0.25) is 0 Å². The van der Waals surface area contributed by atoms with Crippen molar-refractivity contribution >= 4 is 11.8 Å². The van der Waals surface area contributed by atoms with Gasteiger partial charge in [-0.2, -0.15) is 0 Å². The molecule has 0 bridgehead atoms. The molecule has 0 fully saturated rings. The standard InChI is InChI=1S/C16H27NS/c1-4-12-17-16(14(5-2)6-3)13-18-15-10-8-7-9-11-15/h7-11,14,16-17H,4-6,12-13H2,1-3H3. The van der Waals surface area contributed by atoms with Crippen LogP contribution in [0.5, 0.6) is 0 Å². The van der Waals surface area contributed by atoms with Crippen LogP contribution in [0.3, 0.4) is 0 Å². The molecule has 0 aliphatic heterocycles. The average Bonchev–Trinajstić information content (AvgIpc) is 2.43. The van der Waals surface area contributed by atoms with E-state index in [-0.39, 0.29) is 0 Å². The van der Waals surface area contributed by atoms with Crippen molar-refractivity contribution in [2.45, 2.75) is 51.0 Å². The first-order chi connectivity index (χ1) is 8.81. The number of hydrogen-bond donors (Lipinski definition) is 1. The van der Waals surface area contributed by atoms with E-state index >= 15 is 0 Å². The Hall–Kier alpha value is -0.470. The maximum Gasteiger partial charge on any atom is 0.0189 e. The lowest BCUT2D eigenvalue weighted by atomic mass is 9.95. The van der Waals surface area contributed by atoms with Gasteiger partial charge in [0.05, 0.1) is 0 Å². The van der Waals surface area contributed by atoms with Crippen molar-refractivity contribution in [1.29, 1.82) is 0 Å². The predicted molar refractivity (Wildman–Crippen MR) is 83.3 cm³/mol. The van der Waals surface area contributed by atoms with Crippen molar-refractivity contribution in [2.24, 2.45) is 5.92 Å². The first kappa shape index (κ1) is 15.6. The third kappa shape index (κ3) is 5.45. The Balaban J connectivity index is 2.49. The summed E-state index contributed by atoms with van der Waals surface area (Å²) < 4.78 is 0. The molecule has 0 saturated heterocycles. The second-order valence-corrected chi connectivity index (χ2v) is 5.85. The van der Waals surface area contributed by atoms with E-state index in [0.29, 0.717) is 6.04 Å². The molecule has 0 aliphatic carbocycles. The molecule has 0 spiro atoms. The molecule has 2 heteroatoms. The molecule has 1 unspecified atom stereocenters. The maximum atomic E-state index is 3.72. The zero-order valence-corrected chi connectivity index (χ0v) is 12.8. The number of hydrogen-bond acceptors (Lipinski definition) is 2. The summed E-state index contributed by atoms with van der Waals surface area (Å²) in [6.07, 6.45) is 3.76. The van der Waals surface area contributed by atoms with Crippen LogP contribution in [0, 0.1) is 5.92 Å². The van der Waals surface area contributed by atoms with Crippen LogP contribution in [-0.2, 0) is 0 Å². The molecule has 0 aliphatic rings. The van der Waals surface area contributed by atoms with Crippen molar-refractivity contribution in [3.05, 3.63) is 30.3 Å². The van der Waals surface area contributed by atoms with Crippen molar-refractivity contribution in [1.82, 2.24) is 5.32 Å². The molecule has 1 N–H and O–H groups in total. The van der Waals surface area contributed by atoms with Crippen LogP contribution in [-0.4, -0.2) is 18.3 Å². The Morgan fingerprint density at radius 2 is 1.72 bits per heavy atom. The second kappa shape index (κ2) is 9.46. The van der Waals surface area contributed by atoms with Crippen molar-refractivity contribution in [3.8, 4) is 0 Å². The highest BCUT2D eigenvalue weighted by atomic mass is 32.2. The number of benzene rings is 1. The summed E-state index contributed by atoms with van der Waals surface area (Å²) in [6, 6.07) is 11.4. The molecule has 1 aromatic rings. The van der Waals surface area contributed by atoms with Gasteiger partial charge in [-0.25, -0.2) is 0 Å². The number of rotatable bonds is 9. The van der Waals surface area contributed by atoms with Gasteiger partial charge in [-0.05, 0) is 31.0 Å². The van der Waals surface area contributed by atoms with E-state index in [4.69, 9.17) is 0 Å². The van der Waals surface area contributed by atoms with E-state index < -0.39 is 0 Å². The van der Waals surface area contributed by atoms with E-state index in [1.54, 1.807) is 0 Å². The Morgan fingerprint density at radius 1 is 1.06 bits per heavy atom. The van der Waals surface area contributed by atoms with Crippen molar-refractivity contribution < 1.29 is 0 Å². The molecule has 0 radical (unpaired) electrons. The minimum absolute atomic E-state index is 0.644. The van der Waals surface area contributed by atoms with Gasteiger partial charge in [-0.1, -0.05) is 51.8 Å². The molecule has 0 amide bonds. The number of nitrogens with one attached hydrogen (secondary N) is 1. The molecule has 18 heavy (non-hydrogen) atoms. The van der Waals surface area contributed by atoms with E-state index in [1.165, 1.54) is 29.9 Å². The molecule has 0 aromatic heterocycles. The fraction of sp³-hybridized carbons (Fsp3) is 0.625. The summed E-state index contributed by atoms with van der Waals surface area (Å²) in [4.78, 5) is 1.38. The summed E-state index contributed by atoms with van der Waals surface area (Å²) >= 11 is 1.98. The lowest BCUT2D eigenvalue weighted by Crippen LogP contribution is -2.38. The van der Waals surface area contributed by atoms with Gasteiger partial charge in [0, 0.05) is 16.7 Å². The lowest BCUT2D eigenvalue weighted by molar-refractivity contribution is 0.360. The molecule has 1 atom stereocenters. The van der Waals surface area contributed by atoms with Crippen LogP contribution in [0.15, 0.2) is 35.2 Å². The van der Waals surface area contributed by atoms with Crippen LogP contribution < -0.4 is 5.32 Å². The van der Waals surface area contributed by atoms with Crippen LogP contribution in [0.4, 0.5) is 0 Å². The summed E-state index contributed by atoms with van der Waals surface area (Å²) in [7, 11) is 0. The van der Waals surface area contributed by atoms with Crippen molar-refractivity contribution in [2.75, 3.05) is 12.3 Å². The van der Waals surface area contributed by atoms with E-state index in [0.717, 1.165) is 12.5 Å². The summed E-state index contributed by atoms with van der Waals surface area (Å²) in [6.45, 7) is 7.99. The first-order valence-electron chi connectivity index (χ1n) is 7.23. The van der Waals surface area contributed by atoms with Gasteiger partial charge in [-0.3, -0.25) is 0 Å². The van der Waals surface area contributed by atoms with Gasteiger partial charge in [0.2, 0.25) is 0 Å². The highest BCUT2D eigenvalue weighted by Gasteiger charge is 2.17. The average molecular weight is 265 g/mol.